The molecule has 4 rings (SSSR count). The van der Waals surface area contributed by atoms with Crippen LogP contribution in [0.4, 0.5) is 0 Å². The summed E-state index contributed by atoms with van der Waals surface area (Å²) in [6.07, 6.45) is 2.92. The first kappa shape index (κ1) is 22.5. The van der Waals surface area contributed by atoms with Gasteiger partial charge in [-0.05, 0) is 43.6 Å². The molecule has 1 unspecified atom stereocenters. The Morgan fingerprint density at radius 3 is 1.94 bits per heavy atom. The average Bonchev–Trinajstić information content (AvgIpc) is 3.37. The third-order valence-corrected chi connectivity index (χ3v) is 6.58. The fourth-order valence-electron chi connectivity index (χ4n) is 4.58. The number of benzene rings is 2. The summed E-state index contributed by atoms with van der Waals surface area (Å²) in [5.74, 6) is -0.0506. The van der Waals surface area contributed by atoms with Gasteiger partial charge in [-0.1, -0.05) is 48.5 Å². The summed E-state index contributed by atoms with van der Waals surface area (Å²) >= 11 is 0. The van der Waals surface area contributed by atoms with Crippen molar-refractivity contribution in [3.05, 3.63) is 71.8 Å². The average molecular weight is 435 g/mol. The molecule has 0 radical (unpaired) electrons. The van der Waals surface area contributed by atoms with Crippen molar-refractivity contribution in [1.29, 1.82) is 0 Å². The minimum absolute atomic E-state index is 0.103. The molecule has 2 aromatic rings. The topological polar surface area (TPSA) is 55.9 Å². The molecule has 2 heterocycles. The van der Waals surface area contributed by atoms with Crippen LogP contribution in [0.3, 0.4) is 0 Å². The van der Waals surface area contributed by atoms with Gasteiger partial charge in [-0.3, -0.25) is 14.5 Å². The second kappa shape index (κ2) is 11.2. The minimum Gasteiger partial charge on any atom is -0.345 e. The maximum Gasteiger partial charge on any atom is 0.251 e. The van der Waals surface area contributed by atoms with Crippen LogP contribution in [0.5, 0.6) is 0 Å². The van der Waals surface area contributed by atoms with Crippen LogP contribution in [0.15, 0.2) is 60.7 Å². The number of nitrogens with one attached hydrogen (secondary N) is 1. The molecule has 6 nitrogen and oxygen atoms in total. The smallest absolute Gasteiger partial charge is 0.251 e. The summed E-state index contributed by atoms with van der Waals surface area (Å²) in [4.78, 5) is 32.8. The van der Waals surface area contributed by atoms with E-state index >= 15 is 0 Å². The highest BCUT2D eigenvalue weighted by molar-refractivity contribution is 5.94. The number of hydrogen-bond acceptors (Lipinski definition) is 4. The van der Waals surface area contributed by atoms with E-state index in [1.54, 1.807) is 12.1 Å². The van der Waals surface area contributed by atoms with Crippen LogP contribution in [0.25, 0.3) is 0 Å². The molecule has 2 aliphatic rings. The monoisotopic (exact) mass is 434 g/mol. The summed E-state index contributed by atoms with van der Waals surface area (Å²) in [5.41, 5.74) is 1.56. The predicted molar refractivity (Wildman–Crippen MR) is 126 cm³/mol. The van der Waals surface area contributed by atoms with E-state index in [1.807, 2.05) is 53.4 Å². The number of amides is 2. The van der Waals surface area contributed by atoms with Gasteiger partial charge in [0.2, 0.25) is 5.91 Å². The lowest BCUT2D eigenvalue weighted by molar-refractivity contribution is -0.133. The van der Waals surface area contributed by atoms with E-state index in [-0.39, 0.29) is 24.3 Å². The predicted octanol–water partition coefficient (Wildman–Crippen LogP) is 2.79. The van der Waals surface area contributed by atoms with Gasteiger partial charge < -0.3 is 15.1 Å². The first-order valence-corrected chi connectivity index (χ1v) is 11.8. The lowest BCUT2D eigenvalue weighted by Crippen LogP contribution is -2.50. The molecule has 2 amide bonds. The fraction of sp³-hybridized carbons (Fsp3) is 0.462. The molecule has 0 spiro atoms. The molecule has 2 aromatic carbocycles. The summed E-state index contributed by atoms with van der Waals surface area (Å²) in [6, 6.07) is 18.6. The first-order chi connectivity index (χ1) is 15.7. The Morgan fingerprint density at radius 1 is 0.750 bits per heavy atom. The zero-order valence-electron chi connectivity index (χ0n) is 18.8. The van der Waals surface area contributed by atoms with Crippen LogP contribution in [-0.2, 0) is 4.79 Å². The van der Waals surface area contributed by atoms with Crippen molar-refractivity contribution in [3.8, 4) is 0 Å². The Labute approximate surface area is 191 Å². The van der Waals surface area contributed by atoms with Gasteiger partial charge in [-0.15, -0.1) is 0 Å². The van der Waals surface area contributed by atoms with E-state index < -0.39 is 0 Å². The Balaban J connectivity index is 1.31. The maximum atomic E-state index is 13.1. The van der Waals surface area contributed by atoms with Crippen LogP contribution < -0.4 is 5.32 Å². The molecule has 0 bridgehead atoms. The summed E-state index contributed by atoms with van der Waals surface area (Å²) in [5, 5.41) is 3.08. The number of piperazine rings is 1. The molecular weight excluding hydrogens is 400 g/mol. The van der Waals surface area contributed by atoms with Crippen molar-refractivity contribution in [2.75, 3.05) is 52.4 Å². The van der Waals surface area contributed by atoms with E-state index in [1.165, 1.54) is 25.9 Å². The first-order valence-electron chi connectivity index (χ1n) is 11.8. The molecule has 0 aromatic heterocycles. The molecular formula is C26H34N4O2. The lowest BCUT2D eigenvalue weighted by atomic mass is 10.0. The fourth-order valence-corrected chi connectivity index (χ4v) is 4.58. The third-order valence-electron chi connectivity index (χ3n) is 6.58. The van der Waals surface area contributed by atoms with Crippen LogP contribution in [0.2, 0.25) is 0 Å². The maximum absolute atomic E-state index is 13.1. The molecule has 0 aliphatic carbocycles. The van der Waals surface area contributed by atoms with Gasteiger partial charge in [0.25, 0.3) is 5.91 Å². The molecule has 2 aliphatic heterocycles. The summed E-state index contributed by atoms with van der Waals surface area (Å²) in [7, 11) is 0. The molecule has 2 saturated heterocycles. The van der Waals surface area contributed by atoms with E-state index in [9.17, 15) is 9.59 Å². The zero-order valence-corrected chi connectivity index (χ0v) is 18.8. The van der Waals surface area contributed by atoms with Crippen molar-refractivity contribution in [2.24, 2.45) is 0 Å². The number of likely N-dealkylation sites (tertiary alicyclic amines) is 1. The quantitative estimate of drug-likeness (QED) is 0.694. The number of nitrogens with zero attached hydrogens (tertiary/aromatic N) is 3. The highest BCUT2D eigenvalue weighted by Gasteiger charge is 2.26. The van der Waals surface area contributed by atoms with Gasteiger partial charge in [-0.2, -0.15) is 0 Å². The standard InChI is InChI=1S/C26H34N4O2/c31-25(30-19-17-29(18-20-30)16-15-28-13-7-8-14-28)21-24(22-9-3-1-4-10-22)27-26(32)23-11-5-2-6-12-23/h1-6,9-12,24H,7-8,13-21H2,(H,27,32). The number of rotatable bonds is 8. The summed E-state index contributed by atoms with van der Waals surface area (Å²) in [6.45, 7) is 8.04. The Bertz CT molecular complexity index is 860. The molecule has 0 saturated carbocycles. The molecule has 1 atom stereocenters. The van der Waals surface area contributed by atoms with E-state index in [0.29, 0.717) is 5.56 Å². The van der Waals surface area contributed by atoms with Gasteiger partial charge in [0, 0.05) is 44.8 Å². The van der Waals surface area contributed by atoms with Gasteiger partial charge in [0.05, 0.1) is 12.5 Å². The van der Waals surface area contributed by atoms with Crippen LogP contribution in [0, 0.1) is 0 Å². The zero-order chi connectivity index (χ0) is 22.2. The van der Waals surface area contributed by atoms with E-state index in [4.69, 9.17) is 0 Å². The highest BCUT2D eigenvalue weighted by Crippen LogP contribution is 2.19. The Morgan fingerprint density at radius 2 is 1.31 bits per heavy atom. The van der Waals surface area contributed by atoms with Crippen molar-refractivity contribution in [1.82, 2.24) is 20.0 Å². The molecule has 170 valence electrons. The number of hydrogen-bond donors (Lipinski definition) is 1. The Kier molecular flexibility index (Phi) is 7.91. The van der Waals surface area contributed by atoms with Gasteiger partial charge in [-0.25, -0.2) is 0 Å². The largest absolute Gasteiger partial charge is 0.345 e. The lowest BCUT2D eigenvalue weighted by Gasteiger charge is -2.36. The second-order valence-electron chi connectivity index (χ2n) is 8.78. The van der Waals surface area contributed by atoms with E-state index in [2.05, 4.69) is 15.1 Å². The van der Waals surface area contributed by atoms with Gasteiger partial charge in [0.15, 0.2) is 0 Å². The van der Waals surface area contributed by atoms with Crippen molar-refractivity contribution in [3.63, 3.8) is 0 Å². The minimum atomic E-state index is -0.343. The highest BCUT2D eigenvalue weighted by atomic mass is 16.2. The van der Waals surface area contributed by atoms with Crippen LogP contribution >= 0.6 is 0 Å². The summed E-state index contributed by atoms with van der Waals surface area (Å²) < 4.78 is 0. The SMILES string of the molecule is O=C(NC(CC(=O)N1CCN(CCN2CCCC2)CC1)c1ccccc1)c1ccccc1. The third kappa shape index (κ3) is 6.17. The normalized spacial score (nSPS) is 18.4. The van der Waals surface area contributed by atoms with Crippen molar-refractivity contribution < 1.29 is 9.59 Å². The molecule has 2 fully saturated rings. The van der Waals surface area contributed by atoms with E-state index in [0.717, 1.165) is 44.8 Å². The van der Waals surface area contributed by atoms with Crippen LogP contribution in [0.1, 0.15) is 41.2 Å². The van der Waals surface area contributed by atoms with Crippen LogP contribution in [-0.4, -0.2) is 78.9 Å². The molecule has 1 N–H and O–H groups in total. The number of carbonyl (C=O) groups is 2. The van der Waals surface area contributed by atoms with Gasteiger partial charge >= 0.3 is 0 Å². The molecule has 32 heavy (non-hydrogen) atoms. The Hall–Kier alpha value is -2.70. The van der Waals surface area contributed by atoms with Gasteiger partial charge in [0.1, 0.15) is 0 Å². The van der Waals surface area contributed by atoms with Crippen molar-refractivity contribution in [2.45, 2.75) is 25.3 Å². The molecule has 6 heteroatoms. The van der Waals surface area contributed by atoms with Crippen molar-refractivity contribution >= 4 is 11.8 Å². The number of carbonyl (C=O) groups excluding carboxylic acids is 2. The second-order valence-corrected chi connectivity index (χ2v) is 8.78.